The predicted octanol–water partition coefficient (Wildman–Crippen LogP) is 2.99. The van der Waals surface area contributed by atoms with E-state index in [4.69, 9.17) is 11.6 Å². The van der Waals surface area contributed by atoms with Gasteiger partial charge in [0.25, 0.3) is 10.0 Å². The van der Waals surface area contributed by atoms with Gasteiger partial charge in [0.2, 0.25) is 0 Å². The molecule has 25 heavy (non-hydrogen) atoms. The number of fused-ring (bicyclic) bond motifs is 1. The van der Waals surface area contributed by atoms with Crippen molar-refractivity contribution in [3.8, 4) is 10.4 Å². The molecule has 128 valence electrons. The fraction of sp³-hybridized carbons (Fsp3) is 0.118. The highest BCUT2D eigenvalue weighted by Crippen LogP contribution is 2.44. The van der Waals surface area contributed by atoms with Crippen LogP contribution in [0.3, 0.4) is 0 Å². The summed E-state index contributed by atoms with van der Waals surface area (Å²) in [4.78, 5) is 4.73. The maximum Gasteiger partial charge on any atom is 0.250 e. The third kappa shape index (κ3) is 2.78. The van der Waals surface area contributed by atoms with Gasteiger partial charge in [-0.2, -0.15) is 0 Å². The van der Waals surface area contributed by atoms with Crippen molar-refractivity contribution in [3.05, 3.63) is 71.0 Å². The van der Waals surface area contributed by atoms with Crippen LogP contribution in [0.25, 0.3) is 10.4 Å². The van der Waals surface area contributed by atoms with Gasteiger partial charge in [-0.1, -0.05) is 23.7 Å². The number of hydrogen-bond acceptors (Lipinski definition) is 5. The molecule has 1 aromatic carbocycles. The van der Waals surface area contributed by atoms with Crippen LogP contribution in [0, 0.1) is 0 Å². The van der Waals surface area contributed by atoms with Crippen molar-refractivity contribution >= 4 is 33.0 Å². The zero-order chi connectivity index (χ0) is 17.7. The topological polar surface area (TPSA) is 79.3 Å². The Kier molecular flexibility index (Phi) is 3.93. The minimum atomic E-state index is -3.65. The van der Waals surface area contributed by atoms with Crippen molar-refractivity contribution in [1.29, 1.82) is 0 Å². The molecule has 0 saturated carbocycles. The van der Waals surface area contributed by atoms with Gasteiger partial charge in [-0.15, -0.1) is 11.3 Å². The molecule has 0 radical (unpaired) electrons. The number of nitrogens with zero attached hydrogens (tertiary/aromatic N) is 1. The highest BCUT2D eigenvalue weighted by Gasteiger charge is 2.43. The van der Waals surface area contributed by atoms with Crippen LogP contribution in [0.2, 0.25) is 5.02 Å². The Bertz CT molecular complexity index is 1030. The molecule has 0 aliphatic carbocycles. The molecule has 1 aliphatic rings. The van der Waals surface area contributed by atoms with E-state index in [2.05, 4.69) is 9.71 Å². The zero-order valence-corrected chi connectivity index (χ0v) is 15.2. The molecule has 1 aliphatic heterocycles. The van der Waals surface area contributed by atoms with Crippen LogP contribution in [0.4, 0.5) is 0 Å². The Morgan fingerprint density at radius 2 is 1.84 bits per heavy atom. The number of aromatic nitrogens is 1. The van der Waals surface area contributed by atoms with Crippen LogP contribution < -0.4 is 4.72 Å². The van der Waals surface area contributed by atoms with Crippen LogP contribution in [0.1, 0.15) is 11.1 Å². The van der Waals surface area contributed by atoms with Crippen LogP contribution >= 0.6 is 22.9 Å². The lowest BCUT2D eigenvalue weighted by Gasteiger charge is -2.33. The minimum absolute atomic E-state index is 0.128. The predicted molar refractivity (Wildman–Crippen MR) is 97.2 cm³/mol. The van der Waals surface area contributed by atoms with E-state index in [1.165, 1.54) is 0 Å². The Labute approximate surface area is 154 Å². The second-order valence-corrected chi connectivity index (χ2v) is 9.19. The van der Waals surface area contributed by atoms with Crippen molar-refractivity contribution < 1.29 is 13.5 Å². The number of pyridine rings is 1. The summed E-state index contributed by atoms with van der Waals surface area (Å²) < 4.78 is 27.5. The monoisotopic (exact) mass is 392 g/mol. The Morgan fingerprint density at radius 1 is 1.16 bits per heavy atom. The molecule has 2 N–H and O–H groups in total. The smallest absolute Gasteiger partial charge is 0.250 e. The van der Waals surface area contributed by atoms with Gasteiger partial charge in [-0.25, -0.2) is 13.1 Å². The molecule has 0 saturated heterocycles. The van der Waals surface area contributed by atoms with E-state index in [9.17, 15) is 13.5 Å². The summed E-state index contributed by atoms with van der Waals surface area (Å²) in [6.45, 7) is -0.128. The highest BCUT2D eigenvalue weighted by atomic mass is 35.5. The van der Waals surface area contributed by atoms with Gasteiger partial charge in [0.05, 0.1) is 0 Å². The van der Waals surface area contributed by atoms with Gasteiger partial charge in [-0.3, -0.25) is 4.98 Å². The number of rotatable bonds is 2. The maximum absolute atomic E-state index is 12.4. The Balaban J connectivity index is 1.92. The van der Waals surface area contributed by atoms with E-state index < -0.39 is 15.6 Å². The highest BCUT2D eigenvalue weighted by molar-refractivity contribution is 7.91. The molecular weight excluding hydrogens is 380 g/mol. The minimum Gasteiger partial charge on any atom is -0.379 e. The summed E-state index contributed by atoms with van der Waals surface area (Å²) in [6, 6.07) is 12.1. The summed E-state index contributed by atoms with van der Waals surface area (Å²) in [5, 5.41) is 11.9. The van der Waals surface area contributed by atoms with E-state index in [0.29, 0.717) is 16.1 Å². The molecule has 0 spiro atoms. The lowest BCUT2D eigenvalue weighted by Crippen LogP contribution is -2.46. The van der Waals surface area contributed by atoms with Crippen LogP contribution in [-0.4, -0.2) is 25.1 Å². The van der Waals surface area contributed by atoms with Crippen molar-refractivity contribution in [2.45, 2.75) is 9.81 Å². The van der Waals surface area contributed by atoms with Gasteiger partial charge in [0.15, 0.2) is 0 Å². The molecule has 2 aromatic heterocycles. The fourth-order valence-electron chi connectivity index (χ4n) is 2.86. The molecule has 0 amide bonds. The molecule has 0 bridgehead atoms. The van der Waals surface area contributed by atoms with Gasteiger partial charge < -0.3 is 5.11 Å². The molecule has 1 atom stereocenters. The van der Waals surface area contributed by atoms with Crippen LogP contribution in [0.15, 0.2) is 59.1 Å². The number of benzene rings is 1. The first-order chi connectivity index (χ1) is 11.9. The third-order valence-corrected chi connectivity index (χ3v) is 7.56. The average molecular weight is 393 g/mol. The number of nitrogens with one attached hydrogen (secondary N) is 1. The van der Waals surface area contributed by atoms with Crippen molar-refractivity contribution in [2.24, 2.45) is 0 Å². The normalized spacial score (nSPS) is 21.7. The Morgan fingerprint density at radius 3 is 2.52 bits per heavy atom. The van der Waals surface area contributed by atoms with E-state index >= 15 is 0 Å². The number of β-amino-alcohol motifs (C(OH)–C–C–N with tert-alkyl or cyclic N) is 1. The maximum atomic E-state index is 12.4. The lowest BCUT2D eigenvalue weighted by atomic mass is 9.87. The van der Waals surface area contributed by atoms with E-state index in [1.807, 2.05) is 0 Å². The largest absolute Gasteiger partial charge is 0.379 e. The average Bonchev–Trinajstić information content (AvgIpc) is 3.08. The van der Waals surface area contributed by atoms with Gasteiger partial charge >= 0.3 is 0 Å². The van der Waals surface area contributed by atoms with Crippen LogP contribution in [0.5, 0.6) is 0 Å². The molecular formula is C17H13ClN2O3S2. The van der Waals surface area contributed by atoms with Crippen LogP contribution in [-0.2, 0) is 15.6 Å². The lowest BCUT2D eigenvalue weighted by molar-refractivity contribution is 0.0809. The standard InChI is InChI=1S/C17H13ClN2O3S2/c18-13-3-1-12(2-4-13)17(21)10-20-25(22,23)16-14(17)9-15(24-16)11-5-7-19-8-6-11/h1-9,20-21H,10H2/t17-/m0/s1. The quantitative estimate of drug-likeness (QED) is 0.702. The SMILES string of the molecule is O=S1(=O)NC[C@](O)(c2ccc(Cl)cc2)c2cc(-c3ccncc3)sc21. The molecule has 5 nitrogen and oxygen atoms in total. The zero-order valence-electron chi connectivity index (χ0n) is 12.8. The van der Waals surface area contributed by atoms with Gasteiger partial charge in [0.1, 0.15) is 9.81 Å². The first kappa shape index (κ1) is 16.7. The third-order valence-electron chi connectivity index (χ3n) is 4.19. The van der Waals surface area contributed by atoms with E-state index in [1.54, 1.807) is 54.9 Å². The number of sulfonamides is 1. The van der Waals surface area contributed by atoms with Gasteiger partial charge in [-0.05, 0) is 41.5 Å². The Hall–Kier alpha value is -1.77. The summed E-state index contributed by atoms with van der Waals surface area (Å²) in [7, 11) is -3.65. The fourth-order valence-corrected chi connectivity index (χ4v) is 5.89. The summed E-state index contributed by atoms with van der Waals surface area (Å²) in [5.41, 5.74) is 0.362. The molecule has 0 unspecified atom stereocenters. The summed E-state index contributed by atoms with van der Waals surface area (Å²) in [6.07, 6.45) is 3.29. The van der Waals surface area contributed by atoms with Gasteiger partial charge in [0, 0.05) is 34.4 Å². The molecule has 4 rings (SSSR count). The first-order valence-corrected chi connectivity index (χ1v) is 10.1. The van der Waals surface area contributed by atoms with Crippen molar-refractivity contribution in [3.63, 3.8) is 0 Å². The number of hydrogen-bond donors (Lipinski definition) is 2. The van der Waals surface area contributed by atoms with E-state index in [0.717, 1.165) is 21.8 Å². The van der Waals surface area contributed by atoms with E-state index in [-0.39, 0.29) is 10.8 Å². The van der Waals surface area contributed by atoms with Crippen molar-refractivity contribution in [1.82, 2.24) is 9.71 Å². The number of aliphatic hydroxyl groups is 1. The number of thiophene rings is 1. The molecule has 3 aromatic rings. The number of halogens is 1. The summed E-state index contributed by atoms with van der Waals surface area (Å²) in [5.74, 6) is 0. The van der Waals surface area contributed by atoms with Crippen molar-refractivity contribution in [2.75, 3.05) is 6.54 Å². The molecule has 3 heterocycles. The molecule has 0 fully saturated rings. The summed E-state index contributed by atoms with van der Waals surface area (Å²) >= 11 is 7.06. The molecule has 8 heteroatoms. The second-order valence-electron chi connectivity index (χ2n) is 5.74. The second kappa shape index (κ2) is 5.89. The first-order valence-electron chi connectivity index (χ1n) is 7.43.